The number of rotatable bonds is 4. The number of hydrogen-bond acceptors (Lipinski definition) is 1. The summed E-state index contributed by atoms with van der Waals surface area (Å²) in [5.41, 5.74) is 0.623. The maximum atomic E-state index is 13.3. The molecule has 2 rings (SSSR count). The second-order valence-corrected chi connectivity index (χ2v) is 4.56. The van der Waals surface area contributed by atoms with Gasteiger partial charge in [0.2, 0.25) is 0 Å². The molecule has 15 heavy (non-hydrogen) atoms. The number of aliphatic hydroxyl groups excluding tert-OH is 1. The van der Waals surface area contributed by atoms with Crippen molar-refractivity contribution in [2.45, 2.75) is 32.3 Å². The van der Waals surface area contributed by atoms with Gasteiger partial charge in [-0.15, -0.1) is 0 Å². The molecule has 0 heterocycles. The molecule has 1 aromatic carbocycles. The molecule has 1 aromatic rings. The highest BCUT2D eigenvalue weighted by Gasteiger charge is 2.32. The van der Waals surface area contributed by atoms with Gasteiger partial charge < -0.3 is 5.11 Å². The lowest BCUT2D eigenvalue weighted by Crippen LogP contribution is -2.22. The Morgan fingerprint density at radius 1 is 1.40 bits per heavy atom. The summed E-state index contributed by atoms with van der Waals surface area (Å²) in [6.07, 6.45) is 2.46. The van der Waals surface area contributed by atoms with Gasteiger partial charge in [0, 0.05) is 6.42 Å². The first-order valence-electron chi connectivity index (χ1n) is 5.60. The van der Waals surface area contributed by atoms with E-state index in [0.717, 1.165) is 0 Å². The van der Waals surface area contributed by atoms with E-state index in [1.807, 2.05) is 6.07 Å². The summed E-state index contributed by atoms with van der Waals surface area (Å²) >= 11 is 0. The van der Waals surface area contributed by atoms with Gasteiger partial charge in [0.25, 0.3) is 0 Å². The van der Waals surface area contributed by atoms with E-state index in [0.29, 0.717) is 23.8 Å². The first kappa shape index (κ1) is 10.6. The summed E-state index contributed by atoms with van der Waals surface area (Å²) in [5, 5.41) is 9.94. The van der Waals surface area contributed by atoms with Gasteiger partial charge in [-0.25, -0.2) is 4.39 Å². The molecule has 0 bridgehead atoms. The lowest BCUT2D eigenvalue weighted by atomic mass is 9.93. The molecule has 0 amide bonds. The molecule has 0 spiro atoms. The van der Waals surface area contributed by atoms with Gasteiger partial charge in [-0.05, 0) is 36.3 Å². The lowest BCUT2D eigenvalue weighted by molar-refractivity contribution is 0.104. The third-order valence-electron chi connectivity index (χ3n) is 3.36. The Bertz CT molecular complexity index is 333. The molecule has 2 unspecified atom stereocenters. The van der Waals surface area contributed by atoms with E-state index in [2.05, 4.69) is 6.92 Å². The van der Waals surface area contributed by atoms with Gasteiger partial charge in [0.05, 0.1) is 6.10 Å². The van der Waals surface area contributed by atoms with Crippen molar-refractivity contribution >= 4 is 0 Å². The van der Waals surface area contributed by atoms with Crippen LogP contribution in [0.4, 0.5) is 4.39 Å². The zero-order valence-corrected chi connectivity index (χ0v) is 8.99. The van der Waals surface area contributed by atoms with Crippen LogP contribution in [0.15, 0.2) is 24.3 Å². The molecule has 0 aliphatic heterocycles. The van der Waals surface area contributed by atoms with Crippen LogP contribution in [0.1, 0.15) is 25.3 Å². The summed E-state index contributed by atoms with van der Waals surface area (Å²) in [6.45, 7) is 2.06. The van der Waals surface area contributed by atoms with E-state index in [1.54, 1.807) is 12.1 Å². The number of aliphatic hydroxyl groups is 1. The zero-order valence-electron chi connectivity index (χ0n) is 8.99. The molecule has 1 aliphatic rings. The van der Waals surface area contributed by atoms with Crippen LogP contribution in [0.3, 0.4) is 0 Å². The molecule has 1 N–H and O–H groups in total. The van der Waals surface area contributed by atoms with E-state index in [-0.39, 0.29) is 5.82 Å². The maximum Gasteiger partial charge on any atom is 0.126 e. The predicted octanol–water partition coefficient (Wildman–Crippen LogP) is 2.78. The van der Waals surface area contributed by atoms with Crippen molar-refractivity contribution in [3.8, 4) is 0 Å². The van der Waals surface area contributed by atoms with Gasteiger partial charge in [-0.2, -0.15) is 0 Å². The second-order valence-electron chi connectivity index (χ2n) is 4.56. The third kappa shape index (κ3) is 2.57. The van der Waals surface area contributed by atoms with E-state index in [1.165, 1.54) is 18.9 Å². The van der Waals surface area contributed by atoms with E-state index < -0.39 is 6.10 Å². The average Bonchev–Trinajstić information content (AvgIpc) is 3.04. The molecular weight excluding hydrogens is 191 g/mol. The van der Waals surface area contributed by atoms with Crippen molar-refractivity contribution in [1.29, 1.82) is 0 Å². The quantitative estimate of drug-likeness (QED) is 0.806. The fourth-order valence-corrected chi connectivity index (χ4v) is 2.01. The van der Waals surface area contributed by atoms with Crippen molar-refractivity contribution in [2.75, 3.05) is 0 Å². The summed E-state index contributed by atoms with van der Waals surface area (Å²) < 4.78 is 13.3. The number of halogens is 1. The molecular formula is C13H17FO. The summed E-state index contributed by atoms with van der Waals surface area (Å²) in [4.78, 5) is 0. The van der Waals surface area contributed by atoms with Crippen LogP contribution in [0.25, 0.3) is 0 Å². The SMILES string of the molecule is CC(C(O)Cc1ccccc1F)C1CC1. The van der Waals surface area contributed by atoms with Crippen LogP contribution in [0.5, 0.6) is 0 Å². The fourth-order valence-electron chi connectivity index (χ4n) is 2.01. The normalized spacial score (nSPS) is 19.9. The van der Waals surface area contributed by atoms with Gasteiger partial charge >= 0.3 is 0 Å². The average molecular weight is 208 g/mol. The molecule has 82 valence electrons. The van der Waals surface area contributed by atoms with Crippen molar-refractivity contribution < 1.29 is 9.50 Å². The smallest absolute Gasteiger partial charge is 0.126 e. The van der Waals surface area contributed by atoms with Crippen LogP contribution in [0.2, 0.25) is 0 Å². The molecule has 0 saturated heterocycles. The zero-order chi connectivity index (χ0) is 10.8. The highest BCUT2D eigenvalue weighted by molar-refractivity contribution is 5.18. The van der Waals surface area contributed by atoms with E-state index >= 15 is 0 Å². The molecule has 1 nitrogen and oxygen atoms in total. The molecule has 2 heteroatoms. The van der Waals surface area contributed by atoms with Gasteiger partial charge in [0.1, 0.15) is 5.82 Å². The van der Waals surface area contributed by atoms with Crippen LogP contribution in [-0.2, 0) is 6.42 Å². The van der Waals surface area contributed by atoms with E-state index in [9.17, 15) is 9.50 Å². The molecule has 1 saturated carbocycles. The third-order valence-corrected chi connectivity index (χ3v) is 3.36. The minimum absolute atomic E-state index is 0.209. The maximum absolute atomic E-state index is 13.3. The Labute approximate surface area is 89.9 Å². The Balaban J connectivity index is 1.98. The topological polar surface area (TPSA) is 20.2 Å². The Morgan fingerprint density at radius 3 is 2.67 bits per heavy atom. The van der Waals surface area contributed by atoms with Crippen molar-refractivity contribution in [1.82, 2.24) is 0 Å². The van der Waals surface area contributed by atoms with Crippen LogP contribution < -0.4 is 0 Å². The minimum Gasteiger partial charge on any atom is -0.392 e. The highest BCUT2D eigenvalue weighted by atomic mass is 19.1. The lowest BCUT2D eigenvalue weighted by Gasteiger charge is -2.18. The molecule has 0 aromatic heterocycles. The van der Waals surface area contributed by atoms with Crippen LogP contribution in [0, 0.1) is 17.7 Å². The standard InChI is InChI=1S/C13H17FO/c1-9(10-6-7-10)13(15)8-11-4-2-3-5-12(11)14/h2-5,9-10,13,15H,6-8H2,1H3. The van der Waals surface area contributed by atoms with Gasteiger partial charge in [-0.3, -0.25) is 0 Å². The molecule has 2 atom stereocenters. The fraction of sp³-hybridized carbons (Fsp3) is 0.538. The van der Waals surface area contributed by atoms with Crippen LogP contribution >= 0.6 is 0 Å². The Kier molecular flexibility index (Phi) is 3.06. The first-order chi connectivity index (χ1) is 7.18. The largest absolute Gasteiger partial charge is 0.392 e. The highest BCUT2D eigenvalue weighted by Crippen LogP contribution is 2.38. The molecule has 1 fully saturated rings. The van der Waals surface area contributed by atoms with E-state index in [4.69, 9.17) is 0 Å². The number of benzene rings is 1. The summed E-state index contributed by atoms with van der Waals surface area (Å²) in [7, 11) is 0. The second kappa shape index (κ2) is 4.31. The van der Waals surface area contributed by atoms with Gasteiger partial charge in [-0.1, -0.05) is 25.1 Å². The predicted molar refractivity (Wildman–Crippen MR) is 58.0 cm³/mol. The van der Waals surface area contributed by atoms with Crippen molar-refractivity contribution in [3.05, 3.63) is 35.6 Å². The monoisotopic (exact) mass is 208 g/mol. The summed E-state index contributed by atoms with van der Waals surface area (Å²) in [5.74, 6) is 0.746. The Hall–Kier alpha value is -0.890. The van der Waals surface area contributed by atoms with Crippen molar-refractivity contribution in [2.24, 2.45) is 11.8 Å². The van der Waals surface area contributed by atoms with Crippen LogP contribution in [-0.4, -0.2) is 11.2 Å². The molecule has 1 aliphatic carbocycles. The number of hydrogen-bond donors (Lipinski definition) is 1. The van der Waals surface area contributed by atoms with Gasteiger partial charge in [0.15, 0.2) is 0 Å². The summed E-state index contributed by atoms with van der Waals surface area (Å²) in [6, 6.07) is 6.68. The van der Waals surface area contributed by atoms with Crippen molar-refractivity contribution in [3.63, 3.8) is 0 Å². The first-order valence-corrected chi connectivity index (χ1v) is 5.60. The molecule has 0 radical (unpaired) electrons. The Morgan fingerprint density at radius 2 is 2.07 bits per heavy atom. The minimum atomic E-state index is -0.408.